The monoisotopic (exact) mass is 251 g/mol. The minimum Gasteiger partial charge on any atom is -0.297 e. The zero-order valence-electron chi connectivity index (χ0n) is 9.85. The summed E-state index contributed by atoms with van der Waals surface area (Å²) < 4.78 is 1.62. The zero-order chi connectivity index (χ0) is 12.5. The van der Waals surface area contributed by atoms with Gasteiger partial charge in [0, 0.05) is 11.3 Å². The highest BCUT2D eigenvalue weighted by Crippen LogP contribution is 2.20. The number of alkyl halides is 1. The molecule has 0 saturated carbocycles. The Morgan fingerprint density at radius 3 is 2.82 bits per heavy atom. The first-order chi connectivity index (χ1) is 8.04. The lowest BCUT2D eigenvalue weighted by Crippen LogP contribution is -2.30. The molecule has 0 atom stereocenters. The molecule has 1 aromatic heterocycles. The molecule has 17 heavy (non-hydrogen) atoms. The molecule has 5 heteroatoms. The lowest BCUT2D eigenvalue weighted by atomic mass is 9.90. The van der Waals surface area contributed by atoms with Crippen LogP contribution < -0.4 is 0 Å². The van der Waals surface area contributed by atoms with Crippen LogP contribution in [0.1, 0.15) is 13.8 Å². The van der Waals surface area contributed by atoms with E-state index in [0.29, 0.717) is 5.88 Å². The highest BCUT2D eigenvalue weighted by atomic mass is 35.5. The minimum atomic E-state index is -0.533. The van der Waals surface area contributed by atoms with E-state index in [1.54, 1.807) is 4.68 Å². The van der Waals surface area contributed by atoms with Crippen molar-refractivity contribution in [2.24, 2.45) is 5.41 Å². The predicted octanol–water partition coefficient (Wildman–Crippen LogP) is 2.27. The van der Waals surface area contributed by atoms with Gasteiger partial charge < -0.3 is 0 Å². The molecule has 2 rings (SSSR count). The van der Waals surface area contributed by atoms with Crippen molar-refractivity contribution < 1.29 is 4.79 Å². The molecule has 0 unspecified atom stereocenters. The summed E-state index contributed by atoms with van der Waals surface area (Å²) in [6.45, 7) is 3.88. The van der Waals surface area contributed by atoms with Gasteiger partial charge in [-0.15, -0.1) is 16.7 Å². The average molecular weight is 252 g/mol. The summed E-state index contributed by atoms with van der Waals surface area (Å²) in [5.41, 5.74) is 1.13. The third-order valence-electron chi connectivity index (χ3n) is 2.80. The highest BCUT2D eigenvalue weighted by Gasteiger charge is 2.27. The number of carbonyl (C=O) groups is 1. The van der Waals surface area contributed by atoms with Gasteiger partial charge in [-0.3, -0.25) is 4.79 Å². The van der Waals surface area contributed by atoms with E-state index in [-0.39, 0.29) is 12.3 Å². The summed E-state index contributed by atoms with van der Waals surface area (Å²) in [5.74, 6) is 0.363. The van der Waals surface area contributed by atoms with Crippen molar-refractivity contribution in [3.05, 3.63) is 24.3 Å². The van der Waals surface area contributed by atoms with Gasteiger partial charge in [0.25, 0.3) is 0 Å². The number of Topliss-reactive ketones (excluding diaryl/α,β-unsaturated/α-hetero) is 1. The van der Waals surface area contributed by atoms with Crippen molar-refractivity contribution in [2.75, 3.05) is 5.88 Å². The molecule has 0 amide bonds. The van der Waals surface area contributed by atoms with Crippen molar-refractivity contribution in [1.29, 1.82) is 0 Å². The van der Waals surface area contributed by atoms with Gasteiger partial charge in [0.2, 0.25) is 0 Å². The van der Waals surface area contributed by atoms with E-state index < -0.39 is 5.41 Å². The van der Waals surface area contributed by atoms with Gasteiger partial charge in [-0.05, 0) is 12.1 Å². The second-order valence-electron chi connectivity index (χ2n) is 4.68. The van der Waals surface area contributed by atoms with Crippen molar-refractivity contribution in [3.8, 4) is 0 Å². The fourth-order valence-electron chi connectivity index (χ4n) is 1.46. The number of hydrogen-bond donors (Lipinski definition) is 0. The highest BCUT2D eigenvalue weighted by molar-refractivity contribution is 6.20. The van der Waals surface area contributed by atoms with Crippen LogP contribution in [-0.2, 0) is 11.3 Å². The summed E-state index contributed by atoms with van der Waals surface area (Å²) in [7, 11) is 0. The second-order valence-corrected chi connectivity index (χ2v) is 4.94. The Labute approximate surface area is 105 Å². The van der Waals surface area contributed by atoms with Crippen molar-refractivity contribution in [1.82, 2.24) is 15.0 Å². The third-order valence-corrected chi connectivity index (χ3v) is 3.47. The Hall–Kier alpha value is -1.42. The average Bonchev–Trinajstić information content (AvgIpc) is 2.73. The molecule has 1 heterocycles. The van der Waals surface area contributed by atoms with Crippen LogP contribution in [-0.4, -0.2) is 26.7 Å². The first kappa shape index (κ1) is 12.0. The standard InChI is InChI=1S/C12H14ClN3O/c1-12(2,8-13)11(17)7-16-10-6-4-3-5-9(10)14-15-16/h3-6H,7-8H2,1-2H3. The number of para-hydroxylation sites is 1. The van der Waals surface area contributed by atoms with Crippen molar-refractivity contribution in [2.45, 2.75) is 20.4 Å². The van der Waals surface area contributed by atoms with Crippen LogP contribution in [0, 0.1) is 5.41 Å². The maximum atomic E-state index is 12.0. The van der Waals surface area contributed by atoms with E-state index >= 15 is 0 Å². The SMILES string of the molecule is CC(C)(CCl)C(=O)Cn1nnc2ccccc21. The first-order valence-corrected chi connectivity index (χ1v) is 5.95. The number of halogens is 1. The van der Waals surface area contributed by atoms with Crippen molar-refractivity contribution in [3.63, 3.8) is 0 Å². The van der Waals surface area contributed by atoms with Crippen LogP contribution in [0.15, 0.2) is 24.3 Å². The lowest BCUT2D eigenvalue weighted by molar-refractivity contribution is -0.126. The van der Waals surface area contributed by atoms with E-state index in [9.17, 15) is 4.79 Å². The Balaban J connectivity index is 2.28. The molecule has 0 saturated heterocycles. The molecule has 0 radical (unpaired) electrons. The van der Waals surface area contributed by atoms with Crippen molar-refractivity contribution >= 4 is 28.4 Å². The zero-order valence-corrected chi connectivity index (χ0v) is 10.6. The first-order valence-electron chi connectivity index (χ1n) is 5.42. The maximum absolute atomic E-state index is 12.0. The fourth-order valence-corrected chi connectivity index (χ4v) is 1.61. The van der Waals surface area contributed by atoms with Crippen LogP contribution in [0.3, 0.4) is 0 Å². The second kappa shape index (κ2) is 4.45. The molecule has 0 spiro atoms. The molecule has 1 aromatic carbocycles. The van der Waals surface area contributed by atoms with E-state index in [4.69, 9.17) is 11.6 Å². The fraction of sp³-hybridized carbons (Fsp3) is 0.417. The molecule has 90 valence electrons. The molecule has 0 aliphatic carbocycles. The van der Waals surface area contributed by atoms with Gasteiger partial charge >= 0.3 is 0 Å². The van der Waals surface area contributed by atoms with Crippen LogP contribution in [0.5, 0.6) is 0 Å². The molecular weight excluding hydrogens is 238 g/mol. The topological polar surface area (TPSA) is 47.8 Å². The number of rotatable bonds is 4. The summed E-state index contributed by atoms with van der Waals surface area (Å²) in [5, 5.41) is 7.99. The van der Waals surface area contributed by atoms with E-state index in [1.807, 2.05) is 38.1 Å². The maximum Gasteiger partial charge on any atom is 0.161 e. The Morgan fingerprint density at radius 1 is 1.41 bits per heavy atom. The van der Waals surface area contributed by atoms with Crippen LogP contribution in [0.25, 0.3) is 11.0 Å². The Kier molecular flexibility index (Phi) is 3.15. The molecule has 4 nitrogen and oxygen atoms in total. The van der Waals surface area contributed by atoms with Crippen LogP contribution in [0.2, 0.25) is 0 Å². The number of aromatic nitrogens is 3. The summed E-state index contributed by atoms with van der Waals surface area (Å²) in [6, 6.07) is 7.57. The molecule has 0 bridgehead atoms. The van der Waals surface area contributed by atoms with Crippen LogP contribution >= 0.6 is 11.6 Å². The van der Waals surface area contributed by atoms with Gasteiger partial charge in [0.05, 0.1) is 5.52 Å². The largest absolute Gasteiger partial charge is 0.297 e. The minimum absolute atomic E-state index is 0.0585. The Morgan fingerprint density at radius 2 is 2.12 bits per heavy atom. The predicted molar refractivity (Wildman–Crippen MR) is 67.0 cm³/mol. The summed E-state index contributed by atoms with van der Waals surface area (Å²) in [4.78, 5) is 12.0. The van der Waals surface area contributed by atoms with E-state index in [2.05, 4.69) is 10.3 Å². The number of hydrogen-bond acceptors (Lipinski definition) is 3. The molecule has 0 aliphatic heterocycles. The molecule has 0 N–H and O–H groups in total. The van der Waals surface area contributed by atoms with E-state index in [0.717, 1.165) is 11.0 Å². The van der Waals surface area contributed by atoms with Gasteiger partial charge in [-0.25, -0.2) is 4.68 Å². The number of fused-ring (bicyclic) bond motifs is 1. The number of benzene rings is 1. The molecular formula is C12H14ClN3O. The smallest absolute Gasteiger partial charge is 0.161 e. The summed E-state index contributed by atoms with van der Waals surface area (Å²) in [6.07, 6.45) is 0. The number of nitrogens with zero attached hydrogens (tertiary/aromatic N) is 3. The van der Waals surface area contributed by atoms with Gasteiger partial charge in [0.15, 0.2) is 5.78 Å². The van der Waals surface area contributed by atoms with E-state index in [1.165, 1.54) is 0 Å². The van der Waals surface area contributed by atoms with Crippen LogP contribution in [0.4, 0.5) is 0 Å². The number of carbonyl (C=O) groups excluding carboxylic acids is 1. The quantitative estimate of drug-likeness (QED) is 0.784. The van der Waals surface area contributed by atoms with Gasteiger partial charge in [-0.2, -0.15) is 0 Å². The third kappa shape index (κ3) is 2.31. The normalized spacial score (nSPS) is 11.9. The molecule has 0 aliphatic rings. The number of ketones is 1. The lowest BCUT2D eigenvalue weighted by Gasteiger charge is -2.19. The van der Waals surface area contributed by atoms with Gasteiger partial charge in [-0.1, -0.05) is 31.2 Å². The Bertz CT molecular complexity index is 547. The summed E-state index contributed by atoms with van der Waals surface area (Å²) >= 11 is 5.78. The molecule has 2 aromatic rings. The van der Waals surface area contributed by atoms with Gasteiger partial charge in [0.1, 0.15) is 12.1 Å². The molecule has 0 fully saturated rings.